The van der Waals surface area contributed by atoms with Gasteiger partial charge in [-0.3, -0.25) is 4.98 Å². The molecule has 192 valence electrons. The average Bonchev–Trinajstić information content (AvgIpc) is 3.42. The SMILES string of the molecule is CS(=O)(=O)c1ccc(-c2cc(N3CCOCC3)nc3c(-c4ccnn4C4CCCCO4)nccc23)cc1. The van der Waals surface area contributed by atoms with Gasteiger partial charge in [-0.25, -0.2) is 18.1 Å². The highest BCUT2D eigenvalue weighted by molar-refractivity contribution is 7.90. The summed E-state index contributed by atoms with van der Waals surface area (Å²) in [7, 11) is -3.29. The lowest BCUT2D eigenvalue weighted by atomic mass is 10.00. The Balaban J connectivity index is 1.53. The lowest BCUT2D eigenvalue weighted by Gasteiger charge is -2.29. The number of nitrogens with zero attached hydrogens (tertiary/aromatic N) is 5. The number of rotatable bonds is 5. The van der Waals surface area contributed by atoms with E-state index < -0.39 is 9.84 Å². The molecular weight excluding hydrogens is 490 g/mol. The molecule has 5 heterocycles. The maximum atomic E-state index is 12.0. The van der Waals surface area contributed by atoms with E-state index in [2.05, 4.69) is 16.1 Å². The highest BCUT2D eigenvalue weighted by atomic mass is 32.2. The molecule has 1 atom stereocenters. The van der Waals surface area contributed by atoms with Crippen LogP contribution in [0.15, 0.2) is 59.8 Å². The zero-order chi connectivity index (χ0) is 25.4. The van der Waals surface area contributed by atoms with Crippen molar-refractivity contribution in [3.05, 3.63) is 54.9 Å². The Morgan fingerprint density at radius 2 is 1.78 bits per heavy atom. The van der Waals surface area contributed by atoms with Crippen molar-refractivity contribution < 1.29 is 17.9 Å². The number of ether oxygens (including phenoxy) is 2. The molecule has 4 aromatic rings. The van der Waals surface area contributed by atoms with Crippen LogP contribution in [0.5, 0.6) is 0 Å². The third kappa shape index (κ3) is 4.72. The van der Waals surface area contributed by atoms with Gasteiger partial charge in [0.2, 0.25) is 0 Å². The molecule has 2 aliphatic rings. The molecule has 37 heavy (non-hydrogen) atoms. The third-order valence-electron chi connectivity index (χ3n) is 6.98. The van der Waals surface area contributed by atoms with Crippen LogP contribution in [-0.2, 0) is 19.3 Å². The fourth-order valence-electron chi connectivity index (χ4n) is 5.05. The molecule has 3 aromatic heterocycles. The summed E-state index contributed by atoms with van der Waals surface area (Å²) < 4.78 is 37.6. The van der Waals surface area contributed by atoms with Crippen molar-refractivity contribution in [2.75, 3.05) is 44.1 Å². The fraction of sp³-hybridized carbons (Fsp3) is 0.370. The Bertz CT molecular complexity index is 1520. The van der Waals surface area contributed by atoms with Gasteiger partial charge in [-0.2, -0.15) is 5.10 Å². The summed E-state index contributed by atoms with van der Waals surface area (Å²) in [6.45, 7) is 3.50. The number of morpholine rings is 1. The molecule has 0 bridgehead atoms. The molecule has 0 radical (unpaired) electrons. The molecule has 0 N–H and O–H groups in total. The molecule has 1 aromatic carbocycles. The minimum absolute atomic E-state index is 0.124. The van der Waals surface area contributed by atoms with Crippen LogP contribution < -0.4 is 4.90 Å². The summed E-state index contributed by atoms with van der Waals surface area (Å²) in [6, 6.07) is 13.0. The fourth-order valence-corrected chi connectivity index (χ4v) is 5.68. The molecule has 9 nitrogen and oxygen atoms in total. The van der Waals surface area contributed by atoms with Gasteiger partial charge in [0.05, 0.1) is 23.8 Å². The second kappa shape index (κ2) is 9.85. The highest BCUT2D eigenvalue weighted by Crippen LogP contribution is 2.37. The minimum atomic E-state index is -3.29. The Hall–Kier alpha value is -3.34. The van der Waals surface area contributed by atoms with Crippen molar-refractivity contribution in [1.29, 1.82) is 0 Å². The largest absolute Gasteiger partial charge is 0.378 e. The summed E-state index contributed by atoms with van der Waals surface area (Å²) in [4.78, 5) is 12.4. The van der Waals surface area contributed by atoms with Crippen LogP contribution in [0.4, 0.5) is 5.82 Å². The first-order chi connectivity index (χ1) is 18.0. The lowest BCUT2D eigenvalue weighted by Crippen LogP contribution is -2.36. The van der Waals surface area contributed by atoms with E-state index >= 15 is 0 Å². The molecule has 6 rings (SSSR count). The predicted molar refractivity (Wildman–Crippen MR) is 141 cm³/mol. The number of anilines is 1. The summed E-state index contributed by atoms with van der Waals surface area (Å²) >= 11 is 0. The molecule has 0 saturated carbocycles. The topological polar surface area (TPSA) is 99.4 Å². The second-order valence-electron chi connectivity index (χ2n) is 9.46. The van der Waals surface area contributed by atoms with E-state index in [1.807, 2.05) is 28.9 Å². The van der Waals surface area contributed by atoms with Crippen LogP contribution in [0.3, 0.4) is 0 Å². The maximum Gasteiger partial charge on any atom is 0.175 e. The Kier molecular flexibility index (Phi) is 6.39. The van der Waals surface area contributed by atoms with Crippen LogP contribution in [-0.4, -0.2) is 67.3 Å². The van der Waals surface area contributed by atoms with Crippen molar-refractivity contribution in [3.63, 3.8) is 0 Å². The second-order valence-corrected chi connectivity index (χ2v) is 11.5. The molecule has 0 aliphatic carbocycles. The molecule has 10 heteroatoms. The summed E-state index contributed by atoms with van der Waals surface area (Å²) in [6.07, 6.45) is 7.74. The molecule has 1 unspecified atom stereocenters. The average molecular weight is 520 g/mol. The molecule has 2 aliphatic heterocycles. The van der Waals surface area contributed by atoms with E-state index in [0.29, 0.717) is 18.1 Å². The first kappa shape index (κ1) is 24.0. The van der Waals surface area contributed by atoms with Gasteiger partial charge in [-0.15, -0.1) is 0 Å². The quantitative estimate of drug-likeness (QED) is 0.389. The van der Waals surface area contributed by atoms with Crippen LogP contribution in [0.25, 0.3) is 33.4 Å². The number of hydrogen-bond acceptors (Lipinski definition) is 8. The molecule has 0 spiro atoms. The van der Waals surface area contributed by atoms with Crippen molar-refractivity contribution >= 4 is 26.6 Å². The van der Waals surface area contributed by atoms with Gasteiger partial charge in [0.1, 0.15) is 17.0 Å². The standard InChI is InChI=1S/C27H29N5O4S/c1-37(33,34)20-7-5-19(6-8-20)22-18-24(31-13-16-35-17-14-31)30-26-21(22)9-11-28-27(26)23-10-12-29-32(23)25-4-2-3-15-36-25/h5-12,18,25H,2-4,13-17H2,1H3. The first-order valence-corrected chi connectivity index (χ1v) is 14.5. The van der Waals surface area contributed by atoms with Gasteiger partial charge in [0, 0.05) is 43.7 Å². The normalized spacial score (nSPS) is 18.8. The smallest absolute Gasteiger partial charge is 0.175 e. The van der Waals surface area contributed by atoms with E-state index in [-0.39, 0.29) is 6.23 Å². The van der Waals surface area contributed by atoms with Crippen LogP contribution in [0.2, 0.25) is 0 Å². The molecule has 2 saturated heterocycles. The molecule has 0 amide bonds. The Morgan fingerprint density at radius 1 is 0.973 bits per heavy atom. The van der Waals surface area contributed by atoms with Crippen molar-refractivity contribution in [2.24, 2.45) is 0 Å². The van der Waals surface area contributed by atoms with E-state index in [1.165, 1.54) is 6.26 Å². The summed E-state index contributed by atoms with van der Waals surface area (Å²) in [5, 5.41) is 5.53. The summed E-state index contributed by atoms with van der Waals surface area (Å²) in [5.74, 6) is 0.840. The summed E-state index contributed by atoms with van der Waals surface area (Å²) in [5.41, 5.74) is 4.26. The van der Waals surface area contributed by atoms with Crippen molar-refractivity contribution in [1.82, 2.24) is 19.7 Å². The maximum absolute atomic E-state index is 12.0. The van der Waals surface area contributed by atoms with E-state index in [1.54, 1.807) is 24.5 Å². The van der Waals surface area contributed by atoms with E-state index in [9.17, 15) is 8.42 Å². The minimum Gasteiger partial charge on any atom is -0.378 e. The highest BCUT2D eigenvalue weighted by Gasteiger charge is 2.23. The van der Waals surface area contributed by atoms with E-state index in [0.717, 1.165) is 78.2 Å². The van der Waals surface area contributed by atoms with Gasteiger partial charge >= 0.3 is 0 Å². The van der Waals surface area contributed by atoms with Gasteiger partial charge in [0.25, 0.3) is 0 Å². The Morgan fingerprint density at radius 3 is 2.51 bits per heavy atom. The van der Waals surface area contributed by atoms with Gasteiger partial charge in [0.15, 0.2) is 16.1 Å². The molecule has 2 fully saturated rings. The van der Waals surface area contributed by atoms with E-state index in [4.69, 9.17) is 19.4 Å². The number of aromatic nitrogens is 4. The molecular formula is C27H29N5O4S. The number of fused-ring (bicyclic) bond motifs is 1. The van der Waals surface area contributed by atoms with Crippen LogP contribution >= 0.6 is 0 Å². The zero-order valence-electron chi connectivity index (χ0n) is 20.7. The lowest BCUT2D eigenvalue weighted by molar-refractivity contribution is -0.0383. The first-order valence-electron chi connectivity index (χ1n) is 12.6. The number of benzene rings is 1. The number of hydrogen-bond donors (Lipinski definition) is 0. The zero-order valence-corrected chi connectivity index (χ0v) is 21.5. The van der Waals surface area contributed by atoms with Gasteiger partial charge in [-0.05, 0) is 60.7 Å². The van der Waals surface area contributed by atoms with Crippen molar-refractivity contribution in [2.45, 2.75) is 30.4 Å². The van der Waals surface area contributed by atoms with Gasteiger partial charge in [-0.1, -0.05) is 12.1 Å². The van der Waals surface area contributed by atoms with Gasteiger partial charge < -0.3 is 14.4 Å². The predicted octanol–water partition coefficient (Wildman–Crippen LogP) is 4.10. The number of sulfone groups is 1. The third-order valence-corrected chi connectivity index (χ3v) is 8.11. The van der Waals surface area contributed by atoms with Crippen molar-refractivity contribution in [3.8, 4) is 22.5 Å². The van der Waals surface area contributed by atoms with Crippen LogP contribution in [0.1, 0.15) is 25.5 Å². The Labute approximate surface area is 216 Å². The monoisotopic (exact) mass is 519 g/mol. The van der Waals surface area contributed by atoms with Crippen LogP contribution in [0, 0.1) is 0 Å². The number of pyridine rings is 2.